The van der Waals surface area contributed by atoms with Crippen LogP contribution in [-0.4, -0.2) is 26.9 Å². The molecule has 6 heteroatoms. The number of hydrogen-bond acceptors (Lipinski definition) is 3. The van der Waals surface area contributed by atoms with Gasteiger partial charge in [-0.2, -0.15) is 10.2 Å². The van der Waals surface area contributed by atoms with Gasteiger partial charge in [-0.15, -0.1) is 0 Å². The van der Waals surface area contributed by atoms with Crippen LogP contribution in [0.2, 0.25) is 0 Å². The van der Waals surface area contributed by atoms with Crippen LogP contribution in [0.15, 0.2) is 16.9 Å². The SMILES string of the molecule is CC(C)(C)N(C(=O)O)c1cnncc1Br. The molecule has 0 fully saturated rings. The lowest BCUT2D eigenvalue weighted by molar-refractivity contribution is 0.195. The summed E-state index contributed by atoms with van der Waals surface area (Å²) in [5.41, 5.74) is -0.0396. The highest BCUT2D eigenvalue weighted by atomic mass is 79.9. The van der Waals surface area contributed by atoms with Crippen LogP contribution in [0.4, 0.5) is 10.5 Å². The molecule has 0 bridgehead atoms. The van der Waals surface area contributed by atoms with Gasteiger partial charge in [-0.25, -0.2) is 4.79 Å². The Labute approximate surface area is 96.2 Å². The van der Waals surface area contributed by atoms with Crippen LogP contribution in [0, 0.1) is 0 Å². The summed E-state index contributed by atoms with van der Waals surface area (Å²) in [5, 5.41) is 16.5. The Balaban J connectivity index is 3.23. The van der Waals surface area contributed by atoms with Crippen molar-refractivity contribution < 1.29 is 9.90 Å². The number of nitrogens with zero attached hydrogens (tertiary/aromatic N) is 3. The minimum absolute atomic E-state index is 0.491. The number of anilines is 1. The van der Waals surface area contributed by atoms with Gasteiger partial charge in [0.1, 0.15) is 0 Å². The van der Waals surface area contributed by atoms with E-state index in [4.69, 9.17) is 5.11 Å². The number of hydrogen-bond donors (Lipinski definition) is 1. The van der Waals surface area contributed by atoms with Gasteiger partial charge in [0.15, 0.2) is 0 Å². The van der Waals surface area contributed by atoms with Gasteiger partial charge in [0.05, 0.1) is 22.6 Å². The molecule has 1 aromatic heterocycles. The van der Waals surface area contributed by atoms with Crippen molar-refractivity contribution in [2.24, 2.45) is 0 Å². The van der Waals surface area contributed by atoms with Crippen molar-refractivity contribution in [3.8, 4) is 0 Å². The molecule has 1 N–H and O–H groups in total. The molecule has 1 heterocycles. The summed E-state index contributed by atoms with van der Waals surface area (Å²) in [6, 6.07) is 0. The van der Waals surface area contributed by atoms with E-state index in [9.17, 15) is 4.79 Å². The molecule has 82 valence electrons. The smallest absolute Gasteiger partial charge is 0.412 e. The first kappa shape index (κ1) is 11.9. The number of aromatic nitrogens is 2. The van der Waals surface area contributed by atoms with Crippen LogP contribution in [0.3, 0.4) is 0 Å². The monoisotopic (exact) mass is 273 g/mol. The summed E-state index contributed by atoms with van der Waals surface area (Å²) in [5.74, 6) is 0. The highest BCUT2D eigenvalue weighted by molar-refractivity contribution is 9.10. The first-order chi connectivity index (χ1) is 6.84. The molecule has 0 atom stereocenters. The standard InChI is InChI=1S/C9H12BrN3O2/c1-9(2,3)13(8(14)15)7-5-12-11-4-6(7)10/h4-5H,1-3H3,(H,14,15). The van der Waals surface area contributed by atoms with Crippen molar-refractivity contribution in [3.63, 3.8) is 0 Å². The molecular formula is C9H12BrN3O2. The molecular weight excluding hydrogens is 262 g/mol. The summed E-state index contributed by atoms with van der Waals surface area (Å²) in [4.78, 5) is 12.4. The first-order valence-electron chi connectivity index (χ1n) is 4.33. The van der Waals surface area contributed by atoms with Crippen molar-refractivity contribution >= 4 is 27.7 Å². The average molecular weight is 274 g/mol. The molecule has 0 aliphatic carbocycles. The van der Waals surface area contributed by atoms with Crippen LogP contribution in [0.25, 0.3) is 0 Å². The zero-order chi connectivity index (χ0) is 11.6. The predicted octanol–water partition coefficient (Wildman–Crippen LogP) is 2.52. The van der Waals surface area contributed by atoms with Crippen molar-refractivity contribution in [2.45, 2.75) is 26.3 Å². The number of halogens is 1. The second-order valence-corrected chi connectivity index (χ2v) is 4.87. The van der Waals surface area contributed by atoms with Crippen LogP contribution >= 0.6 is 15.9 Å². The molecule has 0 aromatic carbocycles. The molecule has 1 aromatic rings. The van der Waals surface area contributed by atoms with E-state index < -0.39 is 11.6 Å². The largest absolute Gasteiger partial charge is 0.465 e. The molecule has 0 aliphatic heterocycles. The maximum Gasteiger partial charge on any atom is 0.412 e. The van der Waals surface area contributed by atoms with E-state index in [0.717, 1.165) is 0 Å². The molecule has 0 aliphatic rings. The second-order valence-electron chi connectivity index (χ2n) is 4.01. The van der Waals surface area contributed by atoms with Gasteiger partial charge >= 0.3 is 6.09 Å². The minimum Gasteiger partial charge on any atom is -0.465 e. The highest BCUT2D eigenvalue weighted by Gasteiger charge is 2.29. The van der Waals surface area contributed by atoms with Gasteiger partial charge in [0, 0.05) is 5.54 Å². The number of carbonyl (C=O) groups is 1. The van der Waals surface area contributed by atoms with Gasteiger partial charge in [-0.05, 0) is 36.7 Å². The van der Waals surface area contributed by atoms with E-state index in [-0.39, 0.29) is 0 Å². The fraction of sp³-hybridized carbons (Fsp3) is 0.444. The van der Waals surface area contributed by atoms with Crippen molar-refractivity contribution in [1.82, 2.24) is 10.2 Å². The average Bonchev–Trinajstić information content (AvgIpc) is 2.05. The summed E-state index contributed by atoms with van der Waals surface area (Å²) in [6.07, 6.45) is 1.87. The lowest BCUT2D eigenvalue weighted by Crippen LogP contribution is -2.45. The van der Waals surface area contributed by atoms with E-state index in [0.29, 0.717) is 10.2 Å². The molecule has 0 unspecified atom stereocenters. The Morgan fingerprint density at radius 3 is 2.33 bits per heavy atom. The fourth-order valence-electron chi connectivity index (χ4n) is 1.22. The zero-order valence-electron chi connectivity index (χ0n) is 8.73. The molecule has 0 radical (unpaired) electrons. The zero-order valence-corrected chi connectivity index (χ0v) is 10.3. The van der Waals surface area contributed by atoms with Crippen molar-refractivity contribution in [1.29, 1.82) is 0 Å². The highest BCUT2D eigenvalue weighted by Crippen LogP contribution is 2.29. The van der Waals surface area contributed by atoms with E-state index in [2.05, 4.69) is 26.1 Å². The van der Waals surface area contributed by atoms with Gasteiger partial charge in [0.2, 0.25) is 0 Å². The number of carboxylic acid groups (broad SMARTS) is 1. The third kappa shape index (κ3) is 2.65. The minimum atomic E-state index is -1.02. The normalized spacial score (nSPS) is 11.2. The van der Waals surface area contributed by atoms with Crippen molar-refractivity contribution in [2.75, 3.05) is 4.90 Å². The first-order valence-corrected chi connectivity index (χ1v) is 5.12. The topological polar surface area (TPSA) is 66.3 Å². The summed E-state index contributed by atoms with van der Waals surface area (Å²) in [7, 11) is 0. The lowest BCUT2D eigenvalue weighted by atomic mass is 10.1. The van der Waals surface area contributed by atoms with Crippen LogP contribution in [0.1, 0.15) is 20.8 Å². The maximum atomic E-state index is 11.2. The Kier molecular flexibility index (Phi) is 3.28. The summed E-state index contributed by atoms with van der Waals surface area (Å²) in [6.45, 7) is 5.44. The van der Waals surface area contributed by atoms with Gasteiger partial charge in [0.25, 0.3) is 0 Å². The summed E-state index contributed by atoms with van der Waals surface area (Å²) < 4.78 is 0.606. The number of rotatable bonds is 1. The quantitative estimate of drug-likeness (QED) is 0.854. The Morgan fingerprint density at radius 2 is 1.93 bits per heavy atom. The molecule has 0 saturated carbocycles. The third-order valence-corrected chi connectivity index (χ3v) is 2.38. The molecule has 0 saturated heterocycles. The molecule has 1 rings (SSSR count). The number of amides is 1. The maximum absolute atomic E-state index is 11.2. The van der Waals surface area contributed by atoms with E-state index in [1.807, 2.05) is 20.8 Å². The van der Waals surface area contributed by atoms with E-state index in [1.54, 1.807) is 0 Å². The predicted molar refractivity (Wildman–Crippen MR) is 60.0 cm³/mol. The van der Waals surface area contributed by atoms with Gasteiger partial charge in [-0.1, -0.05) is 0 Å². The molecule has 1 amide bonds. The summed E-state index contributed by atoms with van der Waals surface area (Å²) >= 11 is 3.25. The van der Waals surface area contributed by atoms with E-state index >= 15 is 0 Å². The molecule has 15 heavy (non-hydrogen) atoms. The Hall–Kier alpha value is -1.17. The molecule has 0 spiro atoms. The second kappa shape index (κ2) is 4.14. The van der Waals surface area contributed by atoms with Gasteiger partial charge in [-0.3, -0.25) is 4.90 Å². The lowest BCUT2D eigenvalue weighted by Gasteiger charge is -2.33. The van der Waals surface area contributed by atoms with Crippen LogP contribution < -0.4 is 4.90 Å². The third-order valence-electron chi connectivity index (χ3n) is 1.77. The van der Waals surface area contributed by atoms with E-state index in [1.165, 1.54) is 17.3 Å². The molecule has 5 nitrogen and oxygen atoms in total. The van der Waals surface area contributed by atoms with Crippen LogP contribution in [-0.2, 0) is 0 Å². The Bertz CT molecular complexity index is 376. The van der Waals surface area contributed by atoms with Gasteiger partial charge < -0.3 is 5.11 Å². The fourth-order valence-corrected chi connectivity index (χ4v) is 1.59. The van der Waals surface area contributed by atoms with Crippen molar-refractivity contribution in [3.05, 3.63) is 16.9 Å². The Morgan fingerprint density at radius 1 is 1.40 bits per heavy atom. The van der Waals surface area contributed by atoms with Crippen LogP contribution in [0.5, 0.6) is 0 Å².